The van der Waals surface area contributed by atoms with E-state index in [1.54, 1.807) is 0 Å². The minimum Gasteiger partial charge on any atom is -0.354 e. The molecule has 4 nitrogen and oxygen atoms in total. The molecule has 4 heteroatoms. The van der Waals surface area contributed by atoms with Crippen LogP contribution in [0, 0.1) is 19.8 Å². The van der Waals surface area contributed by atoms with Gasteiger partial charge in [-0.15, -0.1) is 0 Å². The van der Waals surface area contributed by atoms with Gasteiger partial charge in [-0.2, -0.15) is 0 Å². The molecule has 1 fully saturated rings. The third-order valence-electron chi connectivity index (χ3n) is 4.34. The van der Waals surface area contributed by atoms with Gasteiger partial charge in [-0.3, -0.25) is 9.59 Å². The summed E-state index contributed by atoms with van der Waals surface area (Å²) in [7, 11) is 0. The van der Waals surface area contributed by atoms with Gasteiger partial charge in [0.1, 0.15) is 0 Å². The Bertz CT molecular complexity index is 558. The van der Waals surface area contributed by atoms with Crippen molar-refractivity contribution < 1.29 is 9.59 Å². The Morgan fingerprint density at radius 2 is 1.77 bits per heavy atom. The van der Waals surface area contributed by atoms with Crippen molar-refractivity contribution in [3.8, 4) is 0 Å². The van der Waals surface area contributed by atoms with E-state index in [4.69, 9.17) is 0 Å². The Kier molecular flexibility index (Phi) is 5.22. The monoisotopic (exact) mass is 302 g/mol. The van der Waals surface area contributed by atoms with Crippen LogP contribution in [0.1, 0.15) is 48.2 Å². The fourth-order valence-electron chi connectivity index (χ4n) is 2.80. The Balaban J connectivity index is 1.95. The second kappa shape index (κ2) is 6.95. The summed E-state index contributed by atoms with van der Waals surface area (Å²) in [4.78, 5) is 26.4. The summed E-state index contributed by atoms with van der Waals surface area (Å²) in [6, 6.07) is 6.01. The molecule has 0 saturated carbocycles. The molecule has 2 amide bonds. The van der Waals surface area contributed by atoms with Crippen LogP contribution in [0.3, 0.4) is 0 Å². The van der Waals surface area contributed by atoms with E-state index in [1.165, 1.54) is 5.56 Å². The second-order valence-corrected chi connectivity index (χ2v) is 6.53. The maximum absolute atomic E-state index is 12.5. The van der Waals surface area contributed by atoms with E-state index < -0.39 is 0 Å². The van der Waals surface area contributed by atoms with Crippen LogP contribution in [-0.2, 0) is 4.79 Å². The normalized spacial score (nSPS) is 16.0. The molecule has 0 aromatic heterocycles. The summed E-state index contributed by atoms with van der Waals surface area (Å²) in [5.74, 6) is 0.227. The number of likely N-dealkylation sites (tertiary alicyclic amines) is 1. The Hall–Kier alpha value is -1.84. The third kappa shape index (κ3) is 3.87. The molecule has 1 aliphatic rings. The van der Waals surface area contributed by atoms with Gasteiger partial charge in [0.05, 0.1) is 0 Å². The van der Waals surface area contributed by atoms with Crippen molar-refractivity contribution in [3.05, 3.63) is 34.9 Å². The number of hydrogen-bond donors (Lipinski definition) is 1. The molecule has 0 unspecified atom stereocenters. The summed E-state index contributed by atoms with van der Waals surface area (Å²) in [6.45, 7) is 9.31. The molecule has 0 spiro atoms. The maximum atomic E-state index is 12.5. The number of carbonyl (C=O) groups is 2. The molecule has 1 saturated heterocycles. The highest BCUT2D eigenvalue weighted by Gasteiger charge is 2.28. The standard InChI is InChI=1S/C18H26N2O2/c1-12(2)19-17(21)15-7-9-20(10-8-15)18(22)16-6-5-13(3)14(4)11-16/h5-6,11-12,15H,7-10H2,1-4H3,(H,19,21). The van der Waals surface area contributed by atoms with Crippen molar-refractivity contribution in [1.29, 1.82) is 0 Å². The van der Waals surface area contributed by atoms with E-state index in [-0.39, 0.29) is 23.8 Å². The number of nitrogens with zero attached hydrogens (tertiary/aromatic N) is 1. The quantitative estimate of drug-likeness (QED) is 0.933. The van der Waals surface area contributed by atoms with Crippen molar-refractivity contribution in [2.45, 2.75) is 46.6 Å². The van der Waals surface area contributed by atoms with Gasteiger partial charge in [-0.05, 0) is 63.8 Å². The van der Waals surface area contributed by atoms with Crippen LogP contribution in [0.5, 0.6) is 0 Å². The highest BCUT2D eigenvalue weighted by atomic mass is 16.2. The minimum atomic E-state index is 0.0335. The first-order valence-corrected chi connectivity index (χ1v) is 8.05. The van der Waals surface area contributed by atoms with Crippen LogP contribution in [0.25, 0.3) is 0 Å². The molecule has 1 aromatic rings. The highest BCUT2D eigenvalue weighted by Crippen LogP contribution is 2.20. The Morgan fingerprint density at radius 3 is 2.32 bits per heavy atom. The predicted molar refractivity (Wildman–Crippen MR) is 87.8 cm³/mol. The van der Waals surface area contributed by atoms with Crippen LogP contribution in [0.4, 0.5) is 0 Å². The van der Waals surface area contributed by atoms with Crippen LogP contribution >= 0.6 is 0 Å². The molecule has 120 valence electrons. The molecule has 0 aliphatic carbocycles. The molecular formula is C18H26N2O2. The Morgan fingerprint density at radius 1 is 1.14 bits per heavy atom. The molecule has 2 rings (SSSR count). The predicted octanol–water partition coefficient (Wildman–Crippen LogP) is 2.68. The van der Waals surface area contributed by atoms with Crippen molar-refractivity contribution in [2.75, 3.05) is 13.1 Å². The molecule has 0 radical (unpaired) electrons. The first-order valence-electron chi connectivity index (χ1n) is 8.05. The first kappa shape index (κ1) is 16.5. The van der Waals surface area contributed by atoms with Gasteiger partial charge in [-0.25, -0.2) is 0 Å². The molecule has 1 aromatic carbocycles. The van der Waals surface area contributed by atoms with Crippen LogP contribution < -0.4 is 5.32 Å². The number of benzene rings is 1. The number of piperidine rings is 1. The lowest BCUT2D eigenvalue weighted by Gasteiger charge is -2.32. The topological polar surface area (TPSA) is 49.4 Å². The van der Waals surface area contributed by atoms with Crippen molar-refractivity contribution >= 4 is 11.8 Å². The van der Waals surface area contributed by atoms with Gasteiger partial charge in [0.15, 0.2) is 0 Å². The fourth-order valence-corrected chi connectivity index (χ4v) is 2.80. The van der Waals surface area contributed by atoms with Crippen molar-refractivity contribution in [3.63, 3.8) is 0 Å². The van der Waals surface area contributed by atoms with Gasteiger partial charge in [0.2, 0.25) is 5.91 Å². The molecular weight excluding hydrogens is 276 g/mol. The lowest BCUT2D eigenvalue weighted by Crippen LogP contribution is -2.44. The zero-order valence-electron chi connectivity index (χ0n) is 14.0. The summed E-state index contributed by atoms with van der Waals surface area (Å²) >= 11 is 0. The molecule has 22 heavy (non-hydrogen) atoms. The molecule has 0 bridgehead atoms. The SMILES string of the molecule is Cc1ccc(C(=O)N2CCC(C(=O)NC(C)C)CC2)cc1C. The molecule has 1 N–H and O–H groups in total. The Labute approximate surface area is 132 Å². The minimum absolute atomic E-state index is 0.0335. The number of amides is 2. The van der Waals surface area contributed by atoms with Gasteiger partial charge in [-0.1, -0.05) is 6.07 Å². The fraction of sp³-hybridized carbons (Fsp3) is 0.556. The molecule has 0 atom stereocenters. The number of nitrogens with one attached hydrogen (secondary N) is 1. The van der Waals surface area contributed by atoms with Crippen molar-refractivity contribution in [1.82, 2.24) is 10.2 Å². The van der Waals surface area contributed by atoms with Crippen molar-refractivity contribution in [2.24, 2.45) is 5.92 Å². The molecule has 1 aliphatic heterocycles. The van der Waals surface area contributed by atoms with E-state index in [0.29, 0.717) is 13.1 Å². The van der Waals surface area contributed by atoms with Gasteiger partial charge in [0, 0.05) is 30.6 Å². The zero-order valence-corrected chi connectivity index (χ0v) is 14.0. The van der Waals surface area contributed by atoms with Gasteiger partial charge in [0.25, 0.3) is 5.91 Å². The maximum Gasteiger partial charge on any atom is 0.253 e. The van der Waals surface area contributed by atoms with E-state index in [9.17, 15) is 9.59 Å². The number of rotatable bonds is 3. The van der Waals surface area contributed by atoms with Crippen LogP contribution in [-0.4, -0.2) is 35.8 Å². The average Bonchev–Trinajstić information content (AvgIpc) is 2.49. The molecule has 1 heterocycles. The van der Waals surface area contributed by atoms with Crippen LogP contribution in [0.2, 0.25) is 0 Å². The van der Waals surface area contributed by atoms with Crippen LogP contribution in [0.15, 0.2) is 18.2 Å². The lowest BCUT2D eigenvalue weighted by atomic mass is 9.95. The highest BCUT2D eigenvalue weighted by molar-refractivity contribution is 5.94. The van der Waals surface area contributed by atoms with E-state index >= 15 is 0 Å². The van der Waals surface area contributed by atoms with E-state index in [2.05, 4.69) is 5.32 Å². The average molecular weight is 302 g/mol. The summed E-state index contributed by atoms with van der Waals surface area (Å²) in [6.07, 6.45) is 1.49. The van der Waals surface area contributed by atoms with E-state index in [0.717, 1.165) is 24.0 Å². The smallest absolute Gasteiger partial charge is 0.253 e. The first-order chi connectivity index (χ1) is 10.4. The third-order valence-corrected chi connectivity index (χ3v) is 4.34. The van der Waals surface area contributed by atoms with E-state index in [1.807, 2.05) is 50.8 Å². The zero-order chi connectivity index (χ0) is 16.3. The largest absolute Gasteiger partial charge is 0.354 e. The number of hydrogen-bond acceptors (Lipinski definition) is 2. The van der Waals surface area contributed by atoms with Gasteiger partial charge < -0.3 is 10.2 Å². The summed E-state index contributed by atoms with van der Waals surface area (Å²) in [5, 5.41) is 2.96. The summed E-state index contributed by atoms with van der Waals surface area (Å²) < 4.78 is 0. The lowest BCUT2D eigenvalue weighted by molar-refractivity contribution is -0.126. The van der Waals surface area contributed by atoms with Gasteiger partial charge >= 0.3 is 0 Å². The summed E-state index contributed by atoms with van der Waals surface area (Å²) in [5.41, 5.74) is 3.07. The number of aryl methyl sites for hydroxylation is 2. The number of carbonyl (C=O) groups excluding carboxylic acids is 2. The second-order valence-electron chi connectivity index (χ2n) is 6.53.